The molecule has 2 aliphatic carbocycles. The number of allylic oxidation sites excluding steroid dienone is 3. The van der Waals surface area contributed by atoms with Crippen LogP contribution in [0.1, 0.15) is 37.7 Å². The van der Waals surface area contributed by atoms with Gasteiger partial charge in [-0.05, 0) is 42.4 Å². The van der Waals surface area contributed by atoms with Crippen molar-refractivity contribution < 1.29 is 18.6 Å². The van der Waals surface area contributed by atoms with E-state index in [2.05, 4.69) is 0 Å². The molecule has 2 atom stereocenters. The van der Waals surface area contributed by atoms with Crippen molar-refractivity contribution in [2.45, 2.75) is 37.0 Å². The Morgan fingerprint density at radius 3 is 2.78 bits per heavy atom. The Kier molecular flexibility index (Phi) is 3.63. The van der Waals surface area contributed by atoms with Crippen molar-refractivity contribution in [2.75, 3.05) is 6.61 Å². The molecule has 23 heavy (non-hydrogen) atoms. The fourth-order valence-corrected chi connectivity index (χ4v) is 4.82. The lowest BCUT2D eigenvalue weighted by atomic mass is 9.83. The van der Waals surface area contributed by atoms with Crippen molar-refractivity contribution in [3.8, 4) is 5.75 Å². The molecule has 0 bridgehead atoms. The molecule has 3 aliphatic rings. The molecule has 1 aromatic carbocycles. The molecule has 2 unspecified atom stereocenters. The van der Waals surface area contributed by atoms with Gasteiger partial charge in [-0.3, -0.25) is 0 Å². The molecule has 0 amide bonds. The van der Waals surface area contributed by atoms with E-state index in [1.165, 1.54) is 12.5 Å². The van der Waals surface area contributed by atoms with Crippen LogP contribution in [0.15, 0.2) is 39.6 Å². The van der Waals surface area contributed by atoms with Crippen molar-refractivity contribution in [3.63, 3.8) is 0 Å². The van der Waals surface area contributed by atoms with E-state index in [-0.39, 0.29) is 17.7 Å². The Hall–Kier alpha value is -1.49. The second-order valence-electron chi connectivity index (χ2n) is 6.57. The zero-order valence-electron chi connectivity index (χ0n) is 12.8. The Bertz CT molecular complexity index is 722. The fraction of sp³-hybridized carbons (Fsp3) is 0.444. The predicted octanol–water partition coefficient (Wildman–Crippen LogP) is 5.25. The van der Waals surface area contributed by atoms with E-state index in [1.807, 2.05) is 13.0 Å². The van der Waals surface area contributed by atoms with Crippen molar-refractivity contribution in [3.05, 3.63) is 46.1 Å². The quantitative estimate of drug-likeness (QED) is 0.817. The molecule has 1 saturated carbocycles. The summed E-state index contributed by atoms with van der Waals surface area (Å²) in [4.78, 5) is 0.837. The minimum atomic E-state index is -0.661. The molecule has 0 radical (unpaired) electrons. The van der Waals surface area contributed by atoms with Gasteiger partial charge in [-0.15, -0.1) is 0 Å². The van der Waals surface area contributed by atoms with Crippen LogP contribution >= 0.6 is 11.8 Å². The molecule has 1 N–H and O–H groups in total. The number of fused-ring (bicyclic) bond motifs is 3. The summed E-state index contributed by atoms with van der Waals surface area (Å²) in [7, 11) is 0. The highest BCUT2D eigenvalue weighted by Crippen LogP contribution is 2.58. The third-order valence-electron chi connectivity index (χ3n) is 5.01. The highest BCUT2D eigenvalue weighted by molar-refractivity contribution is 8.03. The minimum Gasteiger partial charge on any atom is -0.505 e. The van der Waals surface area contributed by atoms with E-state index < -0.39 is 11.6 Å². The van der Waals surface area contributed by atoms with Gasteiger partial charge in [-0.25, -0.2) is 8.78 Å². The number of halogens is 2. The average molecular weight is 336 g/mol. The average Bonchev–Trinajstić information content (AvgIpc) is 2.87. The molecule has 1 fully saturated rings. The van der Waals surface area contributed by atoms with Crippen LogP contribution in [0.2, 0.25) is 0 Å². The molecular formula is C18H18F2O2S. The van der Waals surface area contributed by atoms with Gasteiger partial charge in [0, 0.05) is 10.8 Å². The molecule has 2 nitrogen and oxygen atoms in total. The number of rotatable bonds is 3. The highest BCUT2D eigenvalue weighted by Gasteiger charge is 2.40. The van der Waals surface area contributed by atoms with Gasteiger partial charge in [0.1, 0.15) is 0 Å². The molecule has 4 rings (SSSR count). The van der Waals surface area contributed by atoms with E-state index in [0.29, 0.717) is 28.1 Å². The van der Waals surface area contributed by atoms with Crippen LogP contribution < -0.4 is 0 Å². The summed E-state index contributed by atoms with van der Waals surface area (Å²) in [5, 5.41) is 9.54. The van der Waals surface area contributed by atoms with Crippen molar-refractivity contribution >= 4 is 11.8 Å². The normalized spacial score (nSPS) is 26.5. The number of aromatic hydroxyl groups is 1. The molecular weight excluding hydrogens is 318 g/mol. The van der Waals surface area contributed by atoms with Crippen LogP contribution in [0, 0.1) is 17.7 Å². The van der Waals surface area contributed by atoms with Crippen molar-refractivity contribution in [1.82, 2.24) is 0 Å². The van der Waals surface area contributed by atoms with Gasteiger partial charge in [0.25, 0.3) is 0 Å². The van der Waals surface area contributed by atoms with Crippen LogP contribution in [0.3, 0.4) is 0 Å². The minimum absolute atomic E-state index is 0.0265. The zero-order valence-corrected chi connectivity index (χ0v) is 13.6. The number of phenols is 1. The summed E-state index contributed by atoms with van der Waals surface area (Å²) >= 11 is 1.08. The van der Waals surface area contributed by atoms with E-state index in [1.54, 1.807) is 6.07 Å². The van der Waals surface area contributed by atoms with Crippen LogP contribution in [0.5, 0.6) is 5.75 Å². The Balaban J connectivity index is 1.64. The first-order valence-corrected chi connectivity index (χ1v) is 8.81. The predicted molar refractivity (Wildman–Crippen MR) is 85.3 cm³/mol. The van der Waals surface area contributed by atoms with Crippen molar-refractivity contribution in [2.24, 2.45) is 11.8 Å². The van der Waals surface area contributed by atoms with Crippen molar-refractivity contribution in [1.29, 1.82) is 0 Å². The lowest BCUT2D eigenvalue weighted by Crippen LogP contribution is -2.19. The maximum atomic E-state index is 14.8. The van der Waals surface area contributed by atoms with Gasteiger partial charge in [0.15, 0.2) is 23.2 Å². The second kappa shape index (κ2) is 5.55. The summed E-state index contributed by atoms with van der Waals surface area (Å²) in [6.45, 7) is 2.54. The summed E-state index contributed by atoms with van der Waals surface area (Å²) < 4.78 is 34.7. The van der Waals surface area contributed by atoms with E-state index in [4.69, 9.17) is 4.74 Å². The van der Waals surface area contributed by atoms with Gasteiger partial charge < -0.3 is 9.84 Å². The molecule has 1 aliphatic heterocycles. The topological polar surface area (TPSA) is 29.5 Å². The maximum Gasteiger partial charge on any atom is 0.178 e. The number of benzene rings is 1. The van der Waals surface area contributed by atoms with Gasteiger partial charge >= 0.3 is 0 Å². The standard InChI is InChI=1S/C18H18F2O2S/c1-9-7-13(22-8-10-3-2-4-10)16(20)18-14(9)11-5-6-12(21)15(19)17(11)23-18/h5-7,9-10,14,21H,2-4,8H2,1H3. The molecule has 0 saturated heterocycles. The molecule has 1 aromatic rings. The van der Waals surface area contributed by atoms with Gasteiger partial charge in [-0.1, -0.05) is 31.2 Å². The highest BCUT2D eigenvalue weighted by atomic mass is 32.2. The SMILES string of the molecule is CC1C=C(OCC2CCC2)C(F)=C2Sc3c(ccc(O)c3F)C21. The van der Waals surface area contributed by atoms with Crippen LogP contribution in [0.4, 0.5) is 8.78 Å². The number of phenolic OH excluding ortho intramolecular Hbond substituents is 1. The number of hydrogen-bond acceptors (Lipinski definition) is 3. The fourth-order valence-electron chi connectivity index (χ4n) is 3.44. The van der Waals surface area contributed by atoms with E-state index in [0.717, 1.165) is 30.2 Å². The first-order chi connectivity index (χ1) is 11.1. The largest absolute Gasteiger partial charge is 0.505 e. The van der Waals surface area contributed by atoms with Gasteiger partial charge in [0.05, 0.1) is 11.5 Å². The summed E-state index contributed by atoms with van der Waals surface area (Å²) in [6.07, 6.45) is 5.33. The van der Waals surface area contributed by atoms with Gasteiger partial charge in [0.2, 0.25) is 0 Å². The number of hydrogen-bond donors (Lipinski definition) is 1. The van der Waals surface area contributed by atoms with Crippen LogP contribution in [-0.2, 0) is 4.74 Å². The smallest absolute Gasteiger partial charge is 0.178 e. The Morgan fingerprint density at radius 1 is 1.30 bits per heavy atom. The third-order valence-corrected chi connectivity index (χ3v) is 6.28. The molecule has 1 heterocycles. The van der Waals surface area contributed by atoms with Crippen LogP contribution in [0.25, 0.3) is 0 Å². The Morgan fingerprint density at radius 2 is 2.09 bits per heavy atom. The molecule has 5 heteroatoms. The third kappa shape index (κ3) is 2.36. The monoisotopic (exact) mass is 336 g/mol. The van der Waals surface area contributed by atoms with Gasteiger partial charge in [-0.2, -0.15) is 0 Å². The summed E-state index contributed by atoms with van der Waals surface area (Å²) in [6, 6.07) is 3.03. The van der Waals surface area contributed by atoms with E-state index in [9.17, 15) is 13.9 Å². The van der Waals surface area contributed by atoms with Crippen LogP contribution in [-0.4, -0.2) is 11.7 Å². The molecule has 122 valence electrons. The second-order valence-corrected chi connectivity index (χ2v) is 7.63. The molecule has 0 spiro atoms. The maximum absolute atomic E-state index is 14.8. The van der Waals surface area contributed by atoms with E-state index >= 15 is 0 Å². The number of ether oxygens (including phenoxy) is 1. The zero-order chi connectivity index (χ0) is 16.1. The number of thioether (sulfide) groups is 1. The first kappa shape index (κ1) is 15.1. The Labute approximate surface area is 138 Å². The lowest BCUT2D eigenvalue weighted by Gasteiger charge is -2.29. The first-order valence-electron chi connectivity index (χ1n) is 8.00. The molecule has 0 aromatic heterocycles. The summed E-state index contributed by atoms with van der Waals surface area (Å²) in [5.41, 5.74) is 0.747. The summed E-state index contributed by atoms with van der Waals surface area (Å²) in [5.74, 6) is -0.776. The lowest BCUT2D eigenvalue weighted by molar-refractivity contribution is 0.118.